The van der Waals surface area contributed by atoms with Gasteiger partial charge in [-0.2, -0.15) is 5.10 Å². The number of halogens is 1. The molecule has 0 spiro atoms. The van der Waals surface area contributed by atoms with Crippen molar-refractivity contribution in [2.24, 2.45) is 11.0 Å². The Morgan fingerprint density at radius 1 is 1.14 bits per heavy atom. The molecule has 0 fully saturated rings. The van der Waals surface area contributed by atoms with Crippen molar-refractivity contribution in [3.63, 3.8) is 0 Å². The predicted octanol–water partition coefficient (Wildman–Crippen LogP) is 3.13. The molecule has 7 heteroatoms. The van der Waals surface area contributed by atoms with Gasteiger partial charge in [0.05, 0.1) is 18.4 Å². The molecule has 0 aliphatic heterocycles. The van der Waals surface area contributed by atoms with E-state index in [9.17, 15) is 14.0 Å². The zero-order chi connectivity index (χ0) is 20.4. The second-order valence-corrected chi connectivity index (χ2v) is 6.55. The van der Waals surface area contributed by atoms with Crippen LogP contribution >= 0.6 is 0 Å². The Bertz CT molecular complexity index is 820. The smallest absolute Gasteiger partial charge is 0.254 e. The van der Waals surface area contributed by atoms with E-state index in [1.807, 2.05) is 24.3 Å². The topological polar surface area (TPSA) is 79.8 Å². The maximum Gasteiger partial charge on any atom is 0.254 e. The Kier molecular flexibility index (Phi) is 8.14. The van der Waals surface area contributed by atoms with Gasteiger partial charge < -0.3 is 10.1 Å². The van der Waals surface area contributed by atoms with Crippen molar-refractivity contribution in [3.05, 3.63) is 65.5 Å². The van der Waals surface area contributed by atoms with Gasteiger partial charge >= 0.3 is 0 Å². The molecule has 6 nitrogen and oxygen atoms in total. The van der Waals surface area contributed by atoms with Crippen LogP contribution in [0.25, 0.3) is 0 Å². The highest BCUT2D eigenvalue weighted by molar-refractivity contribution is 5.94. The lowest BCUT2D eigenvalue weighted by Crippen LogP contribution is -2.29. The minimum Gasteiger partial charge on any atom is -0.493 e. The van der Waals surface area contributed by atoms with Crippen molar-refractivity contribution in [1.29, 1.82) is 0 Å². The number of hydrogen-bond donors (Lipinski definition) is 2. The fourth-order valence-electron chi connectivity index (χ4n) is 2.18. The second-order valence-electron chi connectivity index (χ2n) is 6.55. The molecule has 2 rings (SSSR count). The van der Waals surface area contributed by atoms with Crippen molar-refractivity contribution in [2.45, 2.75) is 20.3 Å². The lowest BCUT2D eigenvalue weighted by Gasteiger charge is -2.08. The molecule has 0 aliphatic rings. The number of nitrogens with zero attached hydrogens (tertiary/aromatic N) is 1. The first kappa shape index (κ1) is 21.1. The molecule has 148 valence electrons. The van der Waals surface area contributed by atoms with E-state index in [1.165, 1.54) is 24.4 Å². The van der Waals surface area contributed by atoms with Crippen molar-refractivity contribution < 1.29 is 18.7 Å². The van der Waals surface area contributed by atoms with Crippen LogP contribution in [0.4, 0.5) is 4.39 Å². The van der Waals surface area contributed by atoms with Crippen LogP contribution in [-0.2, 0) is 4.79 Å². The lowest BCUT2D eigenvalue weighted by molar-refractivity contribution is -0.120. The number of ether oxygens (including phenoxy) is 1. The fourth-order valence-corrected chi connectivity index (χ4v) is 2.18. The third kappa shape index (κ3) is 7.19. The molecule has 0 heterocycles. The van der Waals surface area contributed by atoms with Crippen molar-refractivity contribution in [1.82, 2.24) is 10.7 Å². The molecule has 28 heavy (non-hydrogen) atoms. The molecule has 2 aromatic carbocycles. The number of rotatable bonds is 9. The number of amides is 2. The summed E-state index contributed by atoms with van der Waals surface area (Å²) in [6.45, 7) is 4.89. The highest BCUT2D eigenvalue weighted by Gasteiger charge is 2.10. The minimum atomic E-state index is -0.602. The average molecular weight is 385 g/mol. The molecule has 0 saturated carbocycles. The van der Waals surface area contributed by atoms with Gasteiger partial charge in [0.25, 0.3) is 5.91 Å². The number of benzene rings is 2. The van der Waals surface area contributed by atoms with Crippen molar-refractivity contribution in [2.75, 3.05) is 13.2 Å². The molecule has 0 unspecified atom stereocenters. The van der Waals surface area contributed by atoms with Gasteiger partial charge in [0.15, 0.2) is 0 Å². The van der Waals surface area contributed by atoms with E-state index in [0.29, 0.717) is 12.5 Å². The molecule has 2 aromatic rings. The summed E-state index contributed by atoms with van der Waals surface area (Å²) in [5.74, 6) is -0.292. The molecule has 0 atom stereocenters. The van der Waals surface area contributed by atoms with Crippen LogP contribution in [0.1, 0.15) is 36.2 Å². The average Bonchev–Trinajstić information content (AvgIpc) is 2.67. The first-order chi connectivity index (χ1) is 13.5. The van der Waals surface area contributed by atoms with Crippen LogP contribution in [0.3, 0.4) is 0 Å². The van der Waals surface area contributed by atoms with Crippen LogP contribution < -0.4 is 15.5 Å². The van der Waals surface area contributed by atoms with E-state index in [0.717, 1.165) is 11.3 Å². The third-order valence-corrected chi connectivity index (χ3v) is 3.62. The van der Waals surface area contributed by atoms with E-state index in [1.54, 1.807) is 6.07 Å². The molecule has 0 aromatic heterocycles. The summed E-state index contributed by atoms with van der Waals surface area (Å²) in [5, 5.41) is 6.38. The van der Waals surface area contributed by atoms with Crippen molar-refractivity contribution in [3.8, 4) is 5.75 Å². The number of hydrogen-bond acceptors (Lipinski definition) is 4. The minimum absolute atomic E-state index is 0.0273. The third-order valence-electron chi connectivity index (χ3n) is 3.62. The Labute approximate surface area is 163 Å². The van der Waals surface area contributed by atoms with Gasteiger partial charge in [0.2, 0.25) is 5.91 Å². The fraction of sp³-hybridized carbons (Fsp3) is 0.286. The van der Waals surface area contributed by atoms with Crippen LogP contribution in [-0.4, -0.2) is 31.2 Å². The zero-order valence-corrected chi connectivity index (χ0v) is 15.9. The molecular formula is C21H24FN3O3. The quantitative estimate of drug-likeness (QED) is 0.514. The Morgan fingerprint density at radius 3 is 2.54 bits per heavy atom. The lowest BCUT2D eigenvalue weighted by atomic mass is 10.2. The first-order valence-corrected chi connectivity index (χ1v) is 9.03. The molecule has 0 aliphatic carbocycles. The van der Waals surface area contributed by atoms with Crippen LogP contribution in [0.5, 0.6) is 5.75 Å². The Balaban J connectivity index is 1.70. The molecule has 2 N–H and O–H groups in total. The normalized spacial score (nSPS) is 10.9. The monoisotopic (exact) mass is 385 g/mol. The van der Waals surface area contributed by atoms with Gasteiger partial charge in [-0.25, -0.2) is 9.82 Å². The number of nitrogens with one attached hydrogen (secondary N) is 2. The summed E-state index contributed by atoms with van der Waals surface area (Å²) in [6, 6.07) is 13.0. The second kappa shape index (κ2) is 10.8. The summed E-state index contributed by atoms with van der Waals surface area (Å²) in [7, 11) is 0. The number of hydrazone groups is 1. The van der Waals surface area contributed by atoms with Gasteiger partial charge in [-0.1, -0.05) is 26.0 Å². The maximum atomic E-state index is 13.5. The molecule has 0 bridgehead atoms. The number of carbonyl (C=O) groups excluding carboxylic acids is 2. The summed E-state index contributed by atoms with van der Waals surface area (Å²) < 4.78 is 19.1. The Morgan fingerprint density at radius 2 is 1.86 bits per heavy atom. The van der Waals surface area contributed by atoms with Gasteiger partial charge in [0.1, 0.15) is 11.6 Å². The highest BCUT2D eigenvalue weighted by Crippen LogP contribution is 2.12. The van der Waals surface area contributed by atoms with E-state index >= 15 is 0 Å². The van der Waals surface area contributed by atoms with E-state index in [2.05, 4.69) is 29.7 Å². The standard InChI is InChI=1S/C21H24FN3O3/c1-15(2)14-28-17-9-7-16(8-10-17)13-24-25-20(26)11-12-23-21(27)18-5-3-4-6-19(18)22/h3-10,13,15H,11-12,14H2,1-2H3,(H,23,27)(H,25,26). The summed E-state index contributed by atoms with van der Waals surface area (Å²) in [6.07, 6.45) is 1.54. The van der Waals surface area contributed by atoms with E-state index < -0.39 is 11.7 Å². The molecule has 2 amide bonds. The van der Waals surface area contributed by atoms with Gasteiger partial charge in [-0.3, -0.25) is 9.59 Å². The van der Waals surface area contributed by atoms with Crippen LogP contribution in [0, 0.1) is 11.7 Å². The first-order valence-electron chi connectivity index (χ1n) is 9.03. The largest absolute Gasteiger partial charge is 0.493 e. The van der Waals surface area contributed by atoms with Gasteiger partial charge in [-0.15, -0.1) is 0 Å². The van der Waals surface area contributed by atoms with Crippen LogP contribution in [0.15, 0.2) is 53.6 Å². The molecule has 0 radical (unpaired) electrons. The number of carbonyl (C=O) groups is 2. The highest BCUT2D eigenvalue weighted by atomic mass is 19.1. The van der Waals surface area contributed by atoms with Gasteiger partial charge in [0, 0.05) is 13.0 Å². The Hall–Kier alpha value is -3.22. The van der Waals surface area contributed by atoms with Gasteiger partial charge in [-0.05, 0) is 47.9 Å². The predicted molar refractivity (Wildman–Crippen MR) is 106 cm³/mol. The van der Waals surface area contributed by atoms with Crippen molar-refractivity contribution >= 4 is 18.0 Å². The molecule has 0 saturated heterocycles. The van der Waals surface area contributed by atoms with E-state index in [4.69, 9.17) is 4.74 Å². The summed E-state index contributed by atoms with van der Waals surface area (Å²) in [4.78, 5) is 23.6. The summed E-state index contributed by atoms with van der Waals surface area (Å²) >= 11 is 0. The SMILES string of the molecule is CC(C)COc1ccc(C=NNC(=O)CCNC(=O)c2ccccc2F)cc1. The summed E-state index contributed by atoms with van der Waals surface area (Å²) in [5.41, 5.74) is 3.14. The molecular weight excluding hydrogens is 361 g/mol. The zero-order valence-electron chi connectivity index (χ0n) is 15.9. The maximum absolute atomic E-state index is 13.5. The van der Waals surface area contributed by atoms with E-state index in [-0.39, 0.29) is 24.4 Å². The van der Waals surface area contributed by atoms with Crippen LogP contribution in [0.2, 0.25) is 0 Å².